The zero-order chi connectivity index (χ0) is 15.4. The molecule has 4 aromatic heterocycles. The van der Waals surface area contributed by atoms with Gasteiger partial charge in [-0.05, 0) is 41.1 Å². The van der Waals surface area contributed by atoms with E-state index in [0.717, 1.165) is 32.6 Å². The number of aromatic nitrogens is 3. The Bertz CT molecular complexity index is 1090. The molecule has 0 aromatic carbocycles. The van der Waals surface area contributed by atoms with Gasteiger partial charge >= 0.3 is 0 Å². The van der Waals surface area contributed by atoms with Crippen molar-refractivity contribution < 1.29 is 4.79 Å². The molecule has 0 N–H and O–H groups in total. The first-order chi connectivity index (χ1) is 11.3. The molecule has 4 aromatic rings. The van der Waals surface area contributed by atoms with Crippen LogP contribution in [0.5, 0.6) is 0 Å². The van der Waals surface area contributed by atoms with Crippen LogP contribution >= 0.6 is 11.3 Å². The summed E-state index contributed by atoms with van der Waals surface area (Å²) in [4.78, 5) is 26.8. The Morgan fingerprint density at radius 2 is 2.00 bits per heavy atom. The van der Waals surface area contributed by atoms with Crippen LogP contribution in [0.1, 0.15) is 16.1 Å². The van der Waals surface area contributed by atoms with Crippen LogP contribution in [0, 0.1) is 0 Å². The third-order valence-electron chi connectivity index (χ3n) is 4.04. The first kappa shape index (κ1) is 12.6. The van der Waals surface area contributed by atoms with Crippen LogP contribution in [0.4, 0.5) is 0 Å². The van der Waals surface area contributed by atoms with E-state index >= 15 is 0 Å². The first-order valence-electron chi connectivity index (χ1n) is 7.15. The summed E-state index contributed by atoms with van der Waals surface area (Å²) in [6, 6.07) is 9.65. The molecule has 0 bridgehead atoms. The van der Waals surface area contributed by atoms with Crippen molar-refractivity contribution in [2.24, 2.45) is 0 Å². The molecular weight excluding hydrogens is 306 g/mol. The number of hydrogen-bond donors (Lipinski definition) is 0. The van der Waals surface area contributed by atoms with Gasteiger partial charge in [0.2, 0.25) is 5.78 Å². The van der Waals surface area contributed by atoms with Crippen LogP contribution in [0.25, 0.3) is 32.6 Å². The van der Waals surface area contributed by atoms with Gasteiger partial charge in [-0.2, -0.15) is 0 Å². The smallest absolute Gasteiger partial charge is 0.213 e. The van der Waals surface area contributed by atoms with E-state index in [-0.39, 0.29) is 5.78 Å². The lowest BCUT2D eigenvalue weighted by Crippen LogP contribution is -2.11. The summed E-state index contributed by atoms with van der Waals surface area (Å²) in [6.07, 6.45) is 5.22. The maximum atomic E-state index is 12.6. The fourth-order valence-electron chi connectivity index (χ4n) is 3.00. The van der Waals surface area contributed by atoms with Crippen molar-refractivity contribution >= 4 is 27.9 Å². The Labute approximate surface area is 135 Å². The van der Waals surface area contributed by atoms with Crippen molar-refractivity contribution in [2.75, 3.05) is 0 Å². The zero-order valence-electron chi connectivity index (χ0n) is 11.9. The van der Waals surface area contributed by atoms with Gasteiger partial charge in [0.25, 0.3) is 0 Å². The van der Waals surface area contributed by atoms with Crippen molar-refractivity contribution in [3.05, 3.63) is 65.6 Å². The zero-order valence-corrected chi connectivity index (χ0v) is 12.7. The Kier molecular flexibility index (Phi) is 2.49. The lowest BCUT2D eigenvalue weighted by Gasteiger charge is -2.16. The van der Waals surface area contributed by atoms with Crippen LogP contribution in [-0.2, 0) is 0 Å². The summed E-state index contributed by atoms with van der Waals surface area (Å²) in [5, 5.41) is 3.75. The van der Waals surface area contributed by atoms with Gasteiger partial charge in [0.05, 0.1) is 16.3 Å². The second-order valence-corrected chi connectivity index (χ2v) is 6.26. The highest BCUT2D eigenvalue weighted by molar-refractivity contribution is 7.14. The topological polar surface area (TPSA) is 55.7 Å². The average Bonchev–Trinajstić information content (AvgIpc) is 3.10. The molecule has 0 spiro atoms. The number of hydrogen-bond acceptors (Lipinski definition) is 5. The molecule has 0 saturated carbocycles. The molecule has 0 saturated heterocycles. The minimum atomic E-state index is -0.0183. The van der Waals surface area contributed by atoms with Gasteiger partial charge in [-0.25, -0.2) is 4.98 Å². The van der Waals surface area contributed by atoms with E-state index in [2.05, 4.69) is 9.97 Å². The van der Waals surface area contributed by atoms with Gasteiger partial charge in [-0.15, -0.1) is 11.3 Å². The van der Waals surface area contributed by atoms with Crippen molar-refractivity contribution in [1.82, 2.24) is 15.0 Å². The molecule has 0 fully saturated rings. The number of ketones is 1. The van der Waals surface area contributed by atoms with Gasteiger partial charge in [0.15, 0.2) is 0 Å². The standard InChI is InChI=1S/C18H9N3OS/c22-17-12-4-7-23-18(12)16-14-10(3-6-20-15(14)17)8-13(21-16)11-2-1-5-19-9-11/h1-9H. The first-order valence-corrected chi connectivity index (χ1v) is 8.03. The predicted octanol–water partition coefficient (Wildman–Crippen LogP) is 3.96. The van der Waals surface area contributed by atoms with Gasteiger partial charge < -0.3 is 0 Å². The summed E-state index contributed by atoms with van der Waals surface area (Å²) in [6.45, 7) is 0. The molecule has 0 amide bonds. The number of rotatable bonds is 1. The molecule has 4 heterocycles. The highest BCUT2D eigenvalue weighted by Gasteiger charge is 2.28. The molecule has 0 radical (unpaired) electrons. The van der Waals surface area contributed by atoms with Crippen molar-refractivity contribution in [3.8, 4) is 21.8 Å². The van der Waals surface area contributed by atoms with Crippen molar-refractivity contribution in [1.29, 1.82) is 0 Å². The van der Waals surface area contributed by atoms with Gasteiger partial charge in [-0.1, -0.05) is 0 Å². The van der Waals surface area contributed by atoms with Gasteiger partial charge in [-0.3, -0.25) is 14.8 Å². The molecule has 23 heavy (non-hydrogen) atoms. The number of pyridine rings is 3. The van der Waals surface area contributed by atoms with Crippen LogP contribution in [0.15, 0.2) is 54.3 Å². The Morgan fingerprint density at radius 1 is 1.04 bits per heavy atom. The maximum absolute atomic E-state index is 12.6. The van der Waals surface area contributed by atoms with E-state index in [1.54, 1.807) is 29.9 Å². The second kappa shape index (κ2) is 4.54. The summed E-state index contributed by atoms with van der Waals surface area (Å²) < 4.78 is 0. The molecule has 5 rings (SSSR count). The number of carbonyl (C=O) groups is 1. The summed E-state index contributed by atoms with van der Waals surface area (Å²) in [5.74, 6) is -0.0183. The lowest BCUT2D eigenvalue weighted by atomic mass is 9.93. The fourth-order valence-corrected chi connectivity index (χ4v) is 3.89. The Hall–Kier alpha value is -2.92. The van der Waals surface area contributed by atoms with Crippen LogP contribution < -0.4 is 0 Å². The van der Waals surface area contributed by atoms with E-state index in [4.69, 9.17) is 4.98 Å². The Balaban J connectivity index is 1.92. The van der Waals surface area contributed by atoms with Crippen LogP contribution in [0.3, 0.4) is 0 Å². The number of nitrogens with zero attached hydrogens (tertiary/aromatic N) is 3. The highest BCUT2D eigenvalue weighted by Crippen LogP contribution is 2.41. The SMILES string of the molecule is O=C1c2ccsc2-c2nc(-c3cccnc3)cc3ccnc1c23. The molecule has 4 nitrogen and oxygen atoms in total. The molecule has 0 aliphatic heterocycles. The maximum Gasteiger partial charge on any atom is 0.213 e. The number of fused-ring (bicyclic) bond motifs is 2. The number of thiophene rings is 1. The second-order valence-electron chi connectivity index (χ2n) is 5.35. The van der Waals surface area contributed by atoms with E-state index in [0.29, 0.717) is 11.3 Å². The fraction of sp³-hybridized carbons (Fsp3) is 0. The third-order valence-corrected chi connectivity index (χ3v) is 4.96. The van der Waals surface area contributed by atoms with Crippen molar-refractivity contribution in [2.45, 2.75) is 0 Å². The Morgan fingerprint density at radius 3 is 2.87 bits per heavy atom. The van der Waals surface area contributed by atoms with E-state index in [9.17, 15) is 4.79 Å². The molecule has 1 aliphatic rings. The molecule has 108 valence electrons. The monoisotopic (exact) mass is 315 g/mol. The number of carbonyl (C=O) groups excluding carboxylic acids is 1. The highest BCUT2D eigenvalue weighted by atomic mass is 32.1. The molecule has 0 unspecified atom stereocenters. The minimum Gasteiger partial charge on any atom is -0.287 e. The van der Waals surface area contributed by atoms with Crippen LogP contribution in [0.2, 0.25) is 0 Å². The predicted molar refractivity (Wildman–Crippen MR) is 89.5 cm³/mol. The molecular formula is C18H9N3OS. The van der Waals surface area contributed by atoms with Gasteiger partial charge in [0, 0.05) is 35.1 Å². The summed E-state index contributed by atoms with van der Waals surface area (Å²) >= 11 is 1.54. The third kappa shape index (κ3) is 1.71. The summed E-state index contributed by atoms with van der Waals surface area (Å²) in [5.41, 5.74) is 3.84. The lowest BCUT2D eigenvalue weighted by molar-refractivity contribution is 0.103. The minimum absolute atomic E-state index is 0.0183. The molecule has 5 heteroatoms. The summed E-state index contributed by atoms with van der Waals surface area (Å²) in [7, 11) is 0. The van der Waals surface area contributed by atoms with E-state index in [1.165, 1.54) is 0 Å². The largest absolute Gasteiger partial charge is 0.287 e. The quantitative estimate of drug-likeness (QED) is 0.470. The molecule has 0 atom stereocenters. The van der Waals surface area contributed by atoms with Crippen LogP contribution in [-0.4, -0.2) is 20.7 Å². The van der Waals surface area contributed by atoms with Crippen molar-refractivity contribution in [3.63, 3.8) is 0 Å². The van der Waals surface area contributed by atoms with E-state index < -0.39 is 0 Å². The molecule has 1 aliphatic carbocycles. The van der Waals surface area contributed by atoms with Gasteiger partial charge in [0.1, 0.15) is 5.69 Å². The normalized spacial score (nSPS) is 12.4. The average molecular weight is 315 g/mol. The van der Waals surface area contributed by atoms with E-state index in [1.807, 2.05) is 35.7 Å².